The fourth-order valence-corrected chi connectivity index (χ4v) is 3.44. The van der Waals surface area contributed by atoms with Gasteiger partial charge < -0.3 is 0 Å². The molecule has 2 rings (SSSR count). The van der Waals surface area contributed by atoms with Crippen LogP contribution in [0.1, 0.15) is 46.0 Å². The predicted molar refractivity (Wildman–Crippen MR) is 53.4 cm³/mol. The lowest BCUT2D eigenvalue weighted by atomic mass is 9.74. The van der Waals surface area contributed by atoms with E-state index in [-0.39, 0.29) is 0 Å². The third-order valence-electron chi connectivity index (χ3n) is 4.11. The van der Waals surface area contributed by atoms with Gasteiger partial charge in [0.1, 0.15) is 5.78 Å². The van der Waals surface area contributed by atoms with Gasteiger partial charge in [-0.05, 0) is 43.4 Å². The zero-order chi connectivity index (χ0) is 9.42. The quantitative estimate of drug-likeness (QED) is 0.606. The molecular weight excluding hydrogens is 160 g/mol. The first-order valence-electron chi connectivity index (χ1n) is 5.73. The maximum atomic E-state index is 11.6. The second-order valence-electron chi connectivity index (χ2n) is 5.11. The van der Waals surface area contributed by atoms with Gasteiger partial charge in [0.2, 0.25) is 0 Å². The Morgan fingerprint density at radius 3 is 2.69 bits per heavy atom. The van der Waals surface area contributed by atoms with Crippen LogP contribution in [0, 0.1) is 23.7 Å². The Morgan fingerprint density at radius 2 is 2.00 bits per heavy atom. The van der Waals surface area contributed by atoms with Crippen LogP contribution in [-0.4, -0.2) is 5.78 Å². The number of rotatable bonds is 1. The van der Waals surface area contributed by atoms with Crippen molar-refractivity contribution in [1.82, 2.24) is 0 Å². The number of hydrogen-bond acceptors (Lipinski definition) is 1. The first-order valence-corrected chi connectivity index (χ1v) is 5.73. The molecule has 0 saturated heterocycles. The highest BCUT2D eigenvalue weighted by molar-refractivity contribution is 5.82. The summed E-state index contributed by atoms with van der Waals surface area (Å²) in [6.07, 6.45) is 5.83. The number of carbonyl (C=O) groups excluding carboxylic acids is 1. The number of carbonyl (C=O) groups is 1. The molecule has 0 heterocycles. The van der Waals surface area contributed by atoms with Crippen LogP contribution in [0.3, 0.4) is 0 Å². The molecule has 0 aromatic heterocycles. The van der Waals surface area contributed by atoms with E-state index in [1.165, 1.54) is 19.3 Å². The van der Waals surface area contributed by atoms with Crippen LogP contribution >= 0.6 is 0 Å². The van der Waals surface area contributed by atoms with Gasteiger partial charge >= 0.3 is 0 Å². The molecule has 2 aliphatic carbocycles. The average molecular weight is 180 g/mol. The van der Waals surface area contributed by atoms with Crippen LogP contribution in [0.25, 0.3) is 0 Å². The maximum absolute atomic E-state index is 11.6. The lowest BCUT2D eigenvalue weighted by Crippen LogP contribution is -2.28. The number of hydrogen-bond donors (Lipinski definition) is 0. The van der Waals surface area contributed by atoms with E-state index >= 15 is 0 Å². The van der Waals surface area contributed by atoms with Crippen molar-refractivity contribution in [3.8, 4) is 0 Å². The molecule has 2 fully saturated rings. The molecule has 0 aliphatic heterocycles. The van der Waals surface area contributed by atoms with E-state index in [1.807, 2.05) is 0 Å². The van der Waals surface area contributed by atoms with Crippen LogP contribution in [0.2, 0.25) is 0 Å². The highest BCUT2D eigenvalue weighted by Gasteiger charge is 2.42. The van der Waals surface area contributed by atoms with Gasteiger partial charge in [-0.15, -0.1) is 0 Å². The first-order chi connectivity index (χ1) is 6.20. The highest BCUT2D eigenvalue weighted by atomic mass is 16.1. The summed E-state index contributed by atoms with van der Waals surface area (Å²) in [6.45, 7) is 4.62. The molecule has 0 amide bonds. The van der Waals surface area contributed by atoms with Gasteiger partial charge in [-0.2, -0.15) is 0 Å². The van der Waals surface area contributed by atoms with E-state index in [2.05, 4.69) is 13.8 Å². The Labute approximate surface area is 80.9 Å². The van der Waals surface area contributed by atoms with Crippen molar-refractivity contribution in [1.29, 1.82) is 0 Å². The largest absolute Gasteiger partial charge is 0.299 e. The molecule has 2 saturated carbocycles. The van der Waals surface area contributed by atoms with Gasteiger partial charge in [-0.1, -0.05) is 13.8 Å². The fourth-order valence-electron chi connectivity index (χ4n) is 3.44. The van der Waals surface area contributed by atoms with E-state index in [0.717, 1.165) is 30.6 Å². The standard InChI is InChI=1S/C12H20O/c1-8(2)9-6-7-11-10(9)4-3-5-12(11)13/h8-11H,3-7H2,1-2H3/t9-,10-,11-/m1/s1. The van der Waals surface area contributed by atoms with Crippen LogP contribution in [-0.2, 0) is 4.79 Å². The van der Waals surface area contributed by atoms with Crippen LogP contribution in [0.5, 0.6) is 0 Å². The minimum atomic E-state index is 0.459. The molecule has 0 N–H and O–H groups in total. The minimum Gasteiger partial charge on any atom is -0.299 e. The molecule has 3 atom stereocenters. The number of ketones is 1. The summed E-state index contributed by atoms with van der Waals surface area (Å²) in [6, 6.07) is 0. The Bertz CT molecular complexity index is 207. The number of Topliss-reactive ketones (excluding diaryl/α,β-unsaturated/α-hetero) is 1. The molecule has 2 aliphatic rings. The zero-order valence-electron chi connectivity index (χ0n) is 8.75. The monoisotopic (exact) mass is 180 g/mol. The van der Waals surface area contributed by atoms with E-state index < -0.39 is 0 Å². The summed E-state index contributed by atoms with van der Waals surface area (Å²) in [7, 11) is 0. The van der Waals surface area contributed by atoms with Crippen molar-refractivity contribution in [3.05, 3.63) is 0 Å². The van der Waals surface area contributed by atoms with Crippen LogP contribution < -0.4 is 0 Å². The molecule has 1 heteroatoms. The van der Waals surface area contributed by atoms with Gasteiger partial charge in [0, 0.05) is 12.3 Å². The molecule has 13 heavy (non-hydrogen) atoms. The lowest BCUT2D eigenvalue weighted by Gasteiger charge is -2.30. The minimum absolute atomic E-state index is 0.459. The van der Waals surface area contributed by atoms with E-state index in [9.17, 15) is 4.79 Å². The van der Waals surface area contributed by atoms with Gasteiger partial charge in [-0.25, -0.2) is 0 Å². The van der Waals surface area contributed by atoms with Gasteiger partial charge in [0.25, 0.3) is 0 Å². The predicted octanol–water partition coefficient (Wildman–Crippen LogP) is 3.04. The molecule has 0 aromatic carbocycles. The third kappa shape index (κ3) is 1.53. The Kier molecular flexibility index (Phi) is 2.44. The maximum Gasteiger partial charge on any atom is 0.136 e. The fraction of sp³-hybridized carbons (Fsp3) is 0.917. The molecular formula is C12H20O. The van der Waals surface area contributed by atoms with Crippen molar-refractivity contribution >= 4 is 5.78 Å². The third-order valence-corrected chi connectivity index (χ3v) is 4.11. The molecule has 0 radical (unpaired) electrons. The van der Waals surface area contributed by atoms with E-state index in [0.29, 0.717) is 11.7 Å². The van der Waals surface area contributed by atoms with Crippen molar-refractivity contribution in [2.24, 2.45) is 23.7 Å². The lowest BCUT2D eigenvalue weighted by molar-refractivity contribution is -0.126. The van der Waals surface area contributed by atoms with Gasteiger partial charge in [-0.3, -0.25) is 4.79 Å². The summed E-state index contributed by atoms with van der Waals surface area (Å²) < 4.78 is 0. The van der Waals surface area contributed by atoms with Crippen molar-refractivity contribution in [2.75, 3.05) is 0 Å². The smallest absolute Gasteiger partial charge is 0.136 e. The summed E-state index contributed by atoms with van der Waals surface area (Å²) in [4.78, 5) is 11.6. The van der Waals surface area contributed by atoms with Gasteiger partial charge in [0.15, 0.2) is 0 Å². The first kappa shape index (κ1) is 9.23. The van der Waals surface area contributed by atoms with Crippen molar-refractivity contribution < 1.29 is 4.79 Å². The zero-order valence-corrected chi connectivity index (χ0v) is 8.75. The topological polar surface area (TPSA) is 17.1 Å². The highest BCUT2D eigenvalue weighted by Crippen LogP contribution is 2.46. The van der Waals surface area contributed by atoms with E-state index in [1.54, 1.807) is 0 Å². The van der Waals surface area contributed by atoms with Crippen LogP contribution in [0.15, 0.2) is 0 Å². The molecule has 1 nitrogen and oxygen atoms in total. The Balaban J connectivity index is 2.10. The second-order valence-corrected chi connectivity index (χ2v) is 5.11. The van der Waals surface area contributed by atoms with E-state index in [4.69, 9.17) is 0 Å². The number of fused-ring (bicyclic) bond motifs is 1. The summed E-state index contributed by atoms with van der Waals surface area (Å²) >= 11 is 0. The molecule has 0 spiro atoms. The summed E-state index contributed by atoms with van der Waals surface area (Å²) in [5.74, 6) is 3.40. The van der Waals surface area contributed by atoms with Crippen molar-refractivity contribution in [2.45, 2.75) is 46.0 Å². The van der Waals surface area contributed by atoms with Crippen LogP contribution in [0.4, 0.5) is 0 Å². The average Bonchev–Trinajstić information content (AvgIpc) is 2.48. The molecule has 74 valence electrons. The summed E-state index contributed by atoms with van der Waals surface area (Å²) in [5, 5.41) is 0. The molecule has 0 unspecified atom stereocenters. The SMILES string of the molecule is CC(C)[C@H]1CC[C@H]2C(=O)CCC[C@H]12. The normalized spacial score (nSPS) is 39.6. The van der Waals surface area contributed by atoms with Gasteiger partial charge in [0.05, 0.1) is 0 Å². The summed E-state index contributed by atoms with van der Waals surface area (Å²) in [5.41, 5.74) is 0. The van der Waals surface area contributed by atoms with Crippen molar-refractivity contribution in [3.63, 3.8) is 0 Å². The Morgan fingerprint density at radius 1 is 1.23 bits per heavy atom. The second kappa shape index (κ2) is 3.43. The molecule has 0 bridgehead atoms. The Hall–Kier alpha value is -0.330. The molecule has 0 aromatic rings.